The molecule has 76 valence electrons. The maximum Gasteiger partial charge on any atom is 0.0831 e. The minimum absolute atomic E-state index is 0.921. The first-order valence-corrected chi connectivity index (χ1v) is 5.04. The van der Waals surface area contributed by atoms with Crippen molar-refractivity contribution in [1.82, 2.24) is 0 Å². The van der Waals surface area contributed by atoms with Crippen LogP contribution in [0, 0.1) is 0 Å². The molecule has 0 saturated carbocycles. The average Bonchev–Trinajstić information content (AvgIpc) is 2.32. The summed E-state index contributed by atoms with van der Waals surface area (Å²) >= 11 is 0. The van der Waals surface area contributed by atoms with Gasteiger partial charge in [-0.1, -0.05) is 35.6 Å². The third kappa shape index (κ3) is 3.06. The smallest absolute Gasteiger partial charge is 0.0831 e. The molecule has 1 aliphatic rings. The fourth-order valence-corrected chi connectivity index (χ4v) is 1.33. The average molecular weight is 199 g/mol. The standard InChI is InChI=1S/C12H13N3/c1-3-7-11(8-4-1)13-15-14-12-9-5-2-6-10-12/h1,3-5,7-10H,2,6H2,(H,13,14). The van der Waals surface area contributed by atoms with Crippen molar-refractivity contribution in [3.63, 3.8) is 0 Å². The Morgan fingerprint density at radius 2 is 1.93 bits per heavy atom. The first-order chi connectivity index (χ1) is 7.45. The van der Waals surface area contributed by atoms with Crippen LogP contribution < -0.4 is 5.43 Å². The molecule has 1 N–H and O–H groups in total. The van der Waals surface area contributed by atoms with Crippen molar-refractivity contribution in [2.45, 2.75) is 12.8 Å². The van der Waals surface area contributed by atoms with Crippen LogP contribution in [0.15, 0.2) is 64.6 Å². The second kappa shape index (κ2) is 5.10. The van der Waals surface area contributed by atoms with Gasteiger partial charge in [0.05, 0.1) is 11.4 Å². The van der Waals surface area contributed by atoms with Gasteiger partial charge in [0.1, 0.15) is 0 Å². The fourth-order valence-electron chi connectivity index (χ4n) is 1.33. The second-order valence-corrected chi connectivity index (χ2v) is 3.29. The maximum atomic E-state index is 4.07. The molecule has 0 saturated heterocycles. The van der Waals surface area contributed by atoms with E-state index in [9.17, 15) is 0 Å². The Bertz CT molecular complexity index is 391. The Hall–Kier alpha value is -1.90. The zero-order valence-corrected chi connectivity index (χ0v) is 8.43. The summed E-state index contributed by atoms with van der Waals surface area (Å²) in [7, 11) is 0. The summed E-state index contributed by atoms with van der Waals surface area (Å²) < 4.78 is 0. The number of para-hydroxylation sites is 1. The van der Waals surface area contributed by atoms with Crippen molar-refractivity contribution in [3.8, 4) is 0 Å². The molecule has 3 heteroatoms. The highest BCUT2D eigenvalue weighted by atomic mass is 15.4. The normalized spacial score (nSPS) is 15.3. The summed E-state index contributed by atoms with van der Waals surface area (Å²) in [6.07, 6.45) is 8.33. The Morgan fingerprint density at radius 1 is 1.07 bits per heavy atom. The van der Waals surface area contributed by atoms with Gasteiger partial charge in [-0.15, -0.1) is 5.11 Å². The van der Waals surface area contributed by atoms with Crippen molar-refractivity contribution in [2.75, 3.05) is 5.43 Å². The van der Waals surface area contributed by atoms with E-state index in [-0.39, 0.29) is 0 Å². The summed E-state index contributed by atoms with van der Waals surface area (Å²) in [4.78, 5) is 0. The maximum absolute atomic E-state index is 4.07. The molecule has 0 aliphatic heterocycles. The summed E-state index contributed by atoms with van der Waals surface area (Å²) in [5, 5.41) is 7.99. The number of allylic oxidation sites excluding steroid dienone is 3. The largest absolute Gasteiger partial charge is 0.260 e. The molecule has 0 fully saturated rings. The van der Waals surface area contributed by atoms with Gasteiger partial charge in [-0.05, 0) is 31.1 Å². The van der Waals surface area contributed by atoms with Gasteiger partial charge in [-0.25, -0.2) is 0 Å². The van der Waals surface area contributed by atoms with E-state index in [1.54, 1.807) is 0 Å². The molecule has 0 radical (unpaired) electrons. The van der Waals surface area contributed by atoms with E-state index < -0.39 is 0 Å². The van der Waals surface area contributed by atoms with Crippen LogP contribution in [0.25, 0.3) is 0 Å². The molecule has 0 amide bonds. The zero-order valence-electron chi connectivity index (χ0n) is 8.43. The number of nitrogens with one attached hydrogen (secondary N) is 1. The molecule has 0 bridgehead atoms. The van der Waals surface area contributed by atoms with Crippen molar-refractivity contribution in [1.29, 1.82) is 0 Å². The number of rotatable bonds is 3. The van der Waals surface area contributed by atoms with Crippen molar-refractivity contribution in [2.24, 2.45) is 10.3 Å². The number of anilines is 1. The van der Waals surface area contributed by atoms with Crippen LogP contribution in [0.4, 0.5) is 5.69 Å². The molecule has 3 nitrogen and oxygen atoms in total. The molecule has 2 rings (SSSR count). The van der Waals surface area contributed by atoms with Gasteiger partial charge in [0, 0.05) is 0 Å². The van der Waals surface area contributed by atoms with Crippen LogP contribution in [-0.2, 0) is 0 Å². The lowest BCUT2D eigenvalue weighted by Gasteiger charge is -2.00. The molecule has 0 spiro atoms. The molecule has 1 aromatic carbocycles. The monoisotopic (exact) mass is 199 g/mol. The minimum atomic E-state index is 0.921. The lowest BCUT2D eigenvalue weighted by molar-refractivity contribution is 0.981. The van der Waals surface area contributed by atoms with E-state index in [0.29, 0.717) is 0 Å². The van der Waals surface area contributed by atoms with Gasteiger partial charge >= 0.3 is 0 Å². The lowest BCUT2D eigenvalue weighted by Crippen LogP contribution is -1.86. The predicted molar refractivity (Wildman–Crippen MR) is 61.4 cm³/mol. The van der Waals surface area contributed by atoms with Crippen molar-refractivity contribution < 1.29 is 0 Å². The molecule has 0 atom stereocenters. The predicted octanol–water partition coefficient (Wildman–Crippen LogP) is 3.70. The fraction of sp³-hybridized carbons (Fsp3) is 0.167. The SMILES string of the molecule is C1=CC(/N=N/Nc2ccccc2)=CCC1. The van der Waals surface area contributed by atoms with Crippen LogP contribution >= 0.6 is 0 Å². The Morgan fingerprint density at radius 3 is 2.67 bits per heavy atom. The molecule has 0 unspecified atom stereocenters. The van der Waals surface area contributed by atoms with Crippen LogP contribution in [0.3, 0.4) is 0 Å². The zero-order chi connectivity index (χ0) is 10.3. The topological polar surface area (TPSA) is 36.8 Å². The quantitative estimate of drug-likeness (QED) is 0.584. The first-order valence-electron chi connectivity index (χ1n) is 5.04. The molecule has 1 aliphatic carbocycles. The Balaban J connectivity index is 1.90. The Labute approximate surface area is 89.2 Å². The second-order valence-electron chi connectivity index (χ2n) is 3.29. The molecule has 0 aromatic heterocycles. The number of hydrogen-bond acceptors (Lipinski definition) is 2. The molecule has 0 heterocycles. The summed E-state index contributed by atoms with van der Waals surface area (Å²) in [5.41, 5.74) is 4.74. The highest BCUT2D eigenvalue weighted by molar-refractivity contribution is 5.41. The highest BCUT2D eigenvalue weighted by Gasteiger charge is 1.93. The van der Waals surface area contributed by atoms with Crippen LogP contribution in [-0.4, -0.2) is 0 Å². The Kier molecular flexibility index (Phi) is 3.28. The van der Waals surface area contributed by atoms with Gasteiger partial charge in [0.15, 0.2) is 0 Å². The highest BCUT2D eigenvalue weighted by Crippen LogP contribution is 2.11. The molecule has 15 heavy (non-hydrogen) atoms. The minimum Gasteiger partial charge on any atom is -0.260 e. The van der Waals surface area contributed by atoms with E-state index in [2.05, 4.69) is 27.9 Å². The van der Waals surface area contributed by atoms with Crippen LogP contribution in [0.5, 0.6) is 0 Å². The van der Waals surface area contributed by atoms with E-state index >= 15 is 0 Å². The molecular formula is C12H13N3. The number of nitrogens with zero attached hydrogens (tertiary/aromatic N) is 2. The van der Waals surface area contributed by atoms with Crippen molar-refractivity contribution >= 4 is 5.69 Å². The van der Waals surface area contributed by atoms with Crippen LogP contribution in [0.2, 0.25) is 0 Å². The third-order valence-corrected chi connectivity index (χ3v) is 2.09. The van der Waals surface area contributed by atoms with Crippen molar-refractivity contribution in [3.05, 3.63) is 54.3 Å². The van der Waals surface area contributed by atoms with E-state index in [1.807, 2.05) is 36.4 Å². The van der Waals surface area contributed by atoms with Gasteiger partial charge in [-0.2, -0.15) is 0 Å². The van der Waals surface area contributed by atoms with E-state index in [1.165, 1.54) is 0 Å². The van der Waals surface area contributed by atoms with Crippen LogP contribution in [0.1, 0.15) is 12.8 Å². The molecular weight excluding hydrogens is 186 g/mol. The van der Waals surface area contributed by atoms with Gasteiger partial charge in [0.2, 0.25) is 0 Å². The summed E-state index contributed by atoms with van der Waals surface area (Å²) in [6, 6.07) is 9.78. The molecule has 1 aromatic rings. The lowest BCUT2D eigenvalue weighted by atomic mass is 10.2. The number of hydrogen-bond donors (Lipinski definition) is 1. The summed E-state index contributed by atoms with van der Waals surface area (Å²) in [5.74, 6) is 0. The third-order valence-electron chi connectivity index (χ3n) is 2.09. The van der Waals surface area contributed by atoms with Gasteiger partial charge in [0.25, 0.3) is 0 Å². The van der Waals surface area contributed by atoms with Gasteiger partial charge in [-0.3, -0.25) is 5.43 Å². The summed E-state index contributed by atoms with van der Waals surface area (Å²) in [6.45, 7) is 0. The van der Waals surface area contributed by atoms with E-state index in [0.717, 1.165) is 24.2 Å². The first kappa shape index (κ1) is 9.65. The van der Waals surface area contributed by atoms with Gasteiger partial charge < -0.3 is 0 Å². The van der Waals surface area contributed by atoms with E-state index in [4.69, 9.17) is 0 Å². The number of benzene rings is 1.